The summed E-state index contributed by atoms with van der Waals surface area (Å²) in [6.45, 7) is 7.98. The number of aryl methyl sites for hydroxylation is 1. The van der Waals surface area contributed by atoms with Gasteiger partial charge in [-0.05, 0) is 37.6 Å². The lowest BCUT2D eigenvalue weighted by molar-refractivity contribution is 0.253. The molecule has 0 aliphatic carbocycles. The van der Waals surface area contributed by atoms with Crippen LogP contribution in [0, 0.1) is 13.8 Å². The van der Waals surface area contributed by atoms with Crippen molar-refractivity contribution in [3.8, 4) is 5.75 Å². The van der Waals surface area contributed by atoms with Crippen molar-refractivity contribution < 1.29 is 4.74 Å². The van der Waals surface area contributed by atoms with Crippen molar-refractivity contribution in [3.63, 3.8) is 0 Å². The Morgan fingerprint density at radius 2 is 2.25 bits per heavy atom. The van der Waals surface area contributed by atoms with Crippen molar-refractivity contribution in [3.05, 3.63) is 27.8 Å². The van der Waals surface area contributed by atoms with E-state index in [1.165, 1.54) is 5.56 Å². The Morgan fingerprint density at radius 3 is 2.94 bits per heavy atom. The zero-order valence-corrected chi connectivity index (χ0v) is 10.8. The van der Waals surface area contributed by atoms with Gasteiger partial charge in [0.15, 0.2) is 0 Å². The molecule has 88 valence electrons. The molecule has 0 saturated carbocycles. The first-order chi connectivity index (χ1) is 7.65. The van der Waals surface area contributed by atoms with E-state index >= 15 is 0 Å². The number of hydrogen-bond acceptors (Lipinski definition) is 2. The Morgan fingerprint density at radius 1 is 1.50 bits per heavy atom. The second kappa shape index (κ2) is 4.64. The van der Waals surface area contributed by atoms with Crippen LogP contribution >= 0.6 is 11.6 Å². The zero-order chi connectivity index (χ0) is 11.7. The lowest BCUT2D eigenvalue weighted by atomic mass is 9.94. The van der Waals surface area contributed by atoms with Gasteiger partial charge in [0.25, 0.3) is 0 Å². The van der Waals surface area contributed by atoms with Crippen molar-refractivity contribution in [1.29, 1.82) is 0 Å². The molecule has 0 radical (unpaired) electrons. The van der Waals surface area contributed by atoms with E-state index in [4.69, 9.17) is 16.3 Å². The highest BCUT2D eigenvalue weighted by Crippen LogP contribution is 2.39. The first-order valence-electron chi connectivity index (χ1n) is 5.81. The summed E-state index contributed by atoms with van der Waals surface area (Å²) in [7, 11) is 0. The summed E-state index contributed by atoms with van der Waals surface area (Å²) in [5.74, 6) is 0.997. The monoisotopic (exact) mass is 239 g/mol. The Bertz CT molecular complexity index is 403. The number of ether oxygens (including phenoxy) is 1. The summed E-state index contributed by atoms with van der Waals surface area (Å²) in [6, 6.07) is 2.43. The number of nitrogens with one attached hydrogen (secondary N) is 1. The van der Waals surface area contributed by atoms with E-state index in [9.17, 15) is 0 Å². The van der Waals surface area contributed by atoms with Gasteiger partial charge in [0.2, 0.25) is 0 Å². The summed E-state index contributed by atoms with van der Waals surface area (Å²) in [5, 5.41) is 4.36. The smallest absolute Gasteiger partial charge is 0.124 e. The Hall–Kier alpha value is -0.730. The maximum Gasteiger partial charge on any atom is 0.124 e. The van der Waals surface area contributed by atoms with Crippen LogP contribution in [0.5, 0.6) is 5.75 Å². The molecule has 1 aliphatic rings. The summed E-state index contributed by atoms with van der Waals surface area (Å²) in [4.78, 5) is 0. The van der Waals surface area contributed by atoms with Crippen LogP contribution < -0.4 is 10.1 Å². The van der Waals surface area contributed by atoms with Gasteiger partial charge in [0.05, 0.1) is 6.61 Å². The molecule has 0 saturated heterocycles. The fourth-order valence-electron chi connectivity index (χ4n) is 2.37. The minimum Gasteiger partial charge on any atom is -0.493 e. The third-order valence-corrected chi connectivity index (χ3v) is 3.74. The van der Waals surface area contributed by atoms with E-state index in [1.54, 1.807) is 0 Å². The molecule has 0 amide bonds. The summed E-state index contributed by atoms with van der Waals surface area (Å²) >= 11 is 6.30. The summed E-state index contributed by atoms with van der Waals surface area (Å²) in [5.41, 5.74) is 3.49. The average molecular weight is 240 g/mol. The van der Waals surface area contributed by atoms with E-state index in [0.717, 1.165) is 41.5 Å². The van der Waals surface area contributed by atoms with Gasteiger partial charge in [0.1, 0.15) is 5.75 Å². The van der Waals surface area contributed by atoms with E-state index in [0.29, 0.717) is 6.04 Å². The van der Waals surface area contributed by atoms with Crippen LogP contribution in [0.3, 0.4) is 0 Å². The van der Waals surface area contributed by atoms with Crippen molar-refractivity contribution in [2.45, 2.75) is 33.2 Å². The highest BCUT2D eigenvalue weighted by molar-refractivity contribution is 6.32. The molecule has 2 nitrogen and oxygen atoms in total. The molecule has 2 rings (SSSR count). The van der Waals surface area contributed by atoms with Crippen molar-refractivity contribution >= 4 is 11.6 Å². The molecule has 1 atom stereocenters. The van der Waals surface area contributed by atoms with Crippen LogP contribution in [0.1, 0.15) is 36.1 Å². The van der Waals surface area contributed by atoms with Gasteiger partial charge in [-0.1, -0.05) is 18.5 Å². The van der Waals surface area contributed by atoms with E-state index in [-0.39, 0.29) is 0 Å². The Labute approximate surface area is 102 Å². The Kier molecular flexibility index (Phi) is 3.41. The first-order valence-corrected chi connectivity index (χ1v) is 6.18. The number of benzene rings is 1. The van der Waals surface area contributed by atoms with Crippen LogP contribution in [0.2, 0.25) is 5.02 Å². The predicted octanol–water partition coefficient (Wildman–Crippen LogP) is 3.39. The number of rotatable bonds is 2. The lowest BCUT2D eigenvalue weighted by Gasteiger charge is -2.29. The molecular weight excluding hydrogens is 222 g/mol. The molecule has 0 bridgehead atoms. The number of hydrogen-bond donors (Lipinski definition) is 1. The SMILES string of the molecule is CCNC1CCOc2cc(C)c(Cl)c(C)c21. The molecule has 0 aromatic heterocycles. The number of fused-ring (bicyclic) bond motifs is 1. The molecule has 1 unspecified atom stereocenters. The van der Waals surface area contributed by atoms with Gasteiger partial charge in [-0.25, -0.2) is 0 Å². The normalized spacial score (nSPS) is 19.1. The second-order valence-electron chi connectivity index (χ2n) is 4.29. The molecule has 1 aliphatic heterocycles. The fraction of sp³-hybridized carbons (Fsp3) is 0.538. The van der Waals surface area contributed by atoms with Crippen molar-refractivity contribution in [1.82, 2.24) is 5.32 Å². The van der Waals surface area contributed by atoms with Crippen LogP contribution in [0.25, 0.3) is 0 Å². The highest BCUT2D eigenvalue weighted by Gasteiger charge is 2.24. The second-order valence-corrected chi connectivity index (χ2v) is 4.67. The van der Waals surface area contributed by atoms with Gasteiger partial charge in [-0.2, -0.15) is 0 Å². The van der Waals surface area contributed by atoms with Gasteiger partial charge < -0.3 is 10.1 Å². The van der Waals surface area contributed by atoms with Crippen molar-refractivity contribution in [2.75, 3.05) is 13.2 Å². The molecule has 0 fully saturated rings. The zero-order valence-electron chi connectivity index (χ0n) is 10.1. The molecule has 1 heterocycles. The van der Waals surface area contributed by atoms with Crippen LogP contribution in [-0.4, -0.2) is 13.2 Å². The first kappa shape index (κ1) is 11.7. The van der Waals surface area contributed by atoms with Crippen molar-refractivity contribution in [2.24, 2.45) is 0 Å². The lowest BCUT2D eigenvalue weighted by Crippen LogP contribution is -2.27. The minimum absolute atomic E-state index is 0.381. The molecule has 3 heteroatoms. The van der Waals surface area contributed by atoms with Gasteiger partial charge in [-0.15, -0.1) is 0 Å². The average Bonchev–Trinajstić information content (AvgIpc) is 2.26. The van der Waals surface area contributed by atoms with Crippen LogP contribution in [0.4, 0.5) is 0 Å². The maximum absolute atomic E-state index is 6.30. The minimum atomic E-state index is 0.381. The summed E-state index contributed by atoms with van der Waals surface area (Å²) < 4.78 is 5.72. The summed E-state index contributed by atoms with van der Waals surface area (Å²) in [6.07, 6.45) is 1.01. The fourth-order valence-corrected chi connectivity index (χ4v) is 2.53. The van der Waals surface area contributed by atoms with E-state index in [1.807, 2.05) is 13.0 Å². The van der Waals surface area contributed by atoms with E-state index < -0.39 is 0 Å². The quantitative estimate of drug-likeness (QED) is 0.854. The largest absolute Gasteiger partial charge is 0.493 e. The predicted molar refractivity (Wildman–Crippen MR) is 67.5 cm³/mol. The Balaban J connectivity index is 2.50. The maximum atomic E-state index is 6.30. The topological polar surface area (TPSA) is 21.3 Å². The van der Waals surface area contributed by atoms with Gasteiger partial charge in [-0.3, -0.25) is 0 Å². The molecule has 0 spiro atoms. The van der Waals surface area contributed by atoms with Gasteiger partial charge in [0, 0.05) is 23.0 Å². The van der Waals surface area contributed by atoms with Gasteiger partial charge >= 0.3 is 0 Å². The standard InChI is InChI=1S/C13H18ClNO/c1-4-15-10-5-6-16-11-7-8(2)13(14)9(3)12(10)11/h7,10,15H,4-6H2,1-3H3. The third kappa shape index (κ3) is 1.92. The van der Waals surface area contributed by atoms with Crippen LogP contribution in [0.15, 0.2) is 6.07 Å². The number of halogens is 1. The molecule has 1 N–H and O–H groups in total. The molecule has 1 aromatic carbocycles. The third-order valence-electron chi connectivity index (χ3n) is 3.16. The molecule has 1 aromatic rings. The highest BCUT2D eigenvalue weighted by atomic mass is 35.5. The molecular formula is C13H18ClNO. The van der Waals surface area contributed by atoms with E-state index in [2.05, 4.69) is 19.2 Å². The molecule has 16 heavy (non-hydrogen) atoms. The van der Waals surface area contributed by atoms with Crippen LogP contribution in [-0.2, 0) is 0 Å².